The predicted octanol–water partition coefficient (Wildman–Crippen LogP) is 1.33. The number of nitrogens with zero attached hydrogens (tertiary/aromatic N) is 3. The molecule has 0 bridgehead atoms. The van der Waals surface area contributed by atoms with Crippen molar-refractivity contribution in [2.24, 2.45) is 0 Å². The van der Waals surface area contributed by atoms with Gasteiger partial charge in [0.05, 0.1) is 7.11 Å². The first kappa shape index (κ1) is 12.9. The Kier molecular flexibility index (Phi) is 5.18. The van der Waals surface area contributed by atoms with Crippen molar-refractivity contribution in [3.63, 3.8) is 0 Å². The van der Waals surface area contributed by atoms with E-state index in [0.717, 1.165) is 18.1 Å². The second kappa shape index (κ2) is 6.42. The summed E-state index contributed by atoms with van der Waals surface area (Å²) in [5.41, 5.74) is 0. The van der Waals surface area contributed by atoms with Gasteiger partial charge < -0.3 is 15.0 Å². The third kappa shape index (κ3) is 2.91. The van der Waals surface area contributed by atoms with Gasteiger partial charge in [-0.2, -0.15) is 11.8 Å². The molecule has 0 aromatic carbocycles. The maximum Gasteiger partial charge on any atom is 0.204 e. The summed E-state index contributed by atoms with van der Waals surface area (Å²) in [6, 6.07) is 0. The number of nitrogens with one attached hydrogen (secondary N) is 1. The van der Waals surface area contributed by atoms with Crippen LogP contribution in [0.5, 0.6) is 5.75 Å². The van der Waals surface area contributed by atoms with Gasteiger partial charge in [-0.15, -0.1) is 0 Å². The highest BCUT2D eigenvalue weighted by Crippen LogP contribution is 2.30. The van der Waals surface area contributed by atoms with Crippen molar-refractivity contribution in [3.05, 3.63) is 6.33 Å². The van der Waals surface area contributed by atoms with Crippen molar-refractivity contribution in [2.45, 2.75) is 0 Å². The fraction of sp³-hybridized carbons (Fsp3) is 0.600. The molecular formula is C10H18N4OS. The van der Waals surface area contributed by atoms with Gasteiger partial charge >= 0.3 is 0 Å². The van der Waals surface area contributed by atoms with Gasteiger partial charge in [0.2, 0.25) is 5.75 Å². The molecule has 0 fully saturated rings. The molecule has 6 heteroatoms. The third-order valence-electron chi connectivity index (χ3n) is 2.22. The molecule has 0 spiro atoms. The highest BCUT2D eigenvalue weighted by atomic mass is 32.2. The summed E-state index contributed by atoms with van der Waals surface area (Å²) in [6.45, 7) is 0.928. The Morgan fingerprint density at radius 1 is 1.50 bits per heavy atom. The van der Waals surface area contributed by atoms with E-state index in [1.807, 2.05) is 14.1 Å². The Labute approximate surface area is 101 Å². The van der Waals surface area contributed by atoms with Gasteiger partial charge in [0, 0.05) is 26.4 Å². The van der Waals surface area contributed by atoms with E-state index in [1.54, 1.807) is 25.2 Å². The smallest absolute Gasteiger partial charge is 0.204 e. The quantitative estimate of drug-likeness (QED) is 0.812. The monoisotopic (exact) mass is 242 g/mol. The first-order valence-electron chi connectivity index (χ1n) is 5.01. The van der Waals surface area contributed by atoms with Crippen molar-refractivity contribution in [1.29, 1.82) is 0 Å². The van der Waals surface area contributed by atoms with E-state index in [1.165, 1.54) is 0 Å². The van der Waals surface area contributed by atoms with E-state index in [4.69, 9.17) is 4.74 Å². The molecule has 1 heterocycles. The highest BCUT2D eigenvalue weighted by molar-refractivity contribution is 7.98. The Hall–Kier alpha value is -1.17. The normalized spacial score (nSPS) is 10.0. The van der Waals surface area contributed by atoms with Crippen LogP contribution in [0.15, 0.2) is 6.33 Å². The van der Waals surface area contributed by atoms with Crippen molar-refractivity contribution in [3.8, 4) is 5.75 Å². The summed E-state index contributed by atoms with van der Waals surface area (Å²) < 4.78 is 5.33. The van der Waals surface area contributed by atoms with Crippen LogP contribution in [0.2, 0.25) is 0 Å². The minimum atomic E-state index is 0.689. The minimum Gasteiger partial charge on any atom is -0.490 e. The number of hydrogen-bond acceptors (Lipinski definition) is 6. The van der Waals surface area contributed by atoms with Crippen LogP contribution in [0.3, 0.4) is 0 Å². The Balaban J connectivity index is 2.93. The second-order valence-corrected chi connectivity index (χ2v) is 4.23. The molecule has 16 heavy (non-hydrogen) atoms. The SMILES string of the molecule is CNc1ncnc(N(C)CCSC)c1OC. The molecule has 0 amide bonds. The van der Waals surface area contributed by atoms with E-state index in [0.29, 0.717) is 11.6 Å². The zero-order valence-corrected chi connectivity index (χ0v) is 11.0. The molecule has 0 aliphatic carbocycles. The summed E-state index contributed by atoms with van der Waals surface area (Å²) in [5.74, 6) is 3.27. The number of thioether (sulfide) groups is 1. The summed E-state index contributed by atoms with van der Waals surface area (Å²) in [5, 5.41) is 2.99. The van der Waals surface area contributed by atoms with E-state index in [9.17, 15) is 0 Å². The molecule has 0 unspecified atom stereocenters. The molecule has 0 aliphatic rings. The molecule has 1 N–H and O–H groups in total. The third-order valence-corrected chi connectivity index (χ3v) is 2.81. The molecular weight excluding hydrogens is 224 g/mol. The lowest BCUT2D eigenvalue weighted by Crippen LogP contribution is -2.22. The van der Waals surface area contributed by atoms with Gasteiger partial charge in [-0.1, -0.05) is 0 Å². The zero-order valence-electron chi connectivity index (χ0n) is 10.1. The maximum absolute atomic E-state index is 5.33. The lowest BCUT2D eigenvalue weighted by molar-refractivity contribution is 0.413. The summed E-state index contributed by atoms with van der Waals surface area (Å²) in [7, 11) is 5.45. The largest absolute Gasteiger partial charge is 0.490 e. The molecule has 90 valence electrons. The van der Waals surface area contributed by atoms with Gasteiger partial charge in [0.25, 0.3) is 0 Å². The predicted molar refractivity (Wildman–Crippen MR) is 69.8 cm³/mol. The average molecular weight is 242 g/mol. The van der Waals surface area contributed by atoms with Crippen molar-refractivity contribution in [1.82, 2.24) is 9.97 Å². The van der Waals surface area contributed by atoms with Crippen LogP contribution in [0.25, 0.3) is 0 Å². The number of rotatable bonds is 6. The van der Waals surface area contributed by atoms with Crippen LogP contribution in [0.4, 0.5) is 11.6 Å². The minimum absolute atomic E-state index is 0.689. The van der Waals surface area contributed by atoms with Crippen LogP contribution in [0.1, 0.15) is 0 Å². The maximum atomic E-state index is 5.33. The van der Waals surface area contributed by atoms with Gasteiger partial charge in [-0.25, -0.2) is 9.97 Å². The number of hydrogen-bond donors (Lipinski definition) is 1. The second-order valence-electron chi connectivity index (χ2n) is 3.24. The summed E-state index contributed by atoms with van der Waals surface area (Å²) in [4.78, 5) is 10.4. The van der Waals surface area contributed by atoms with E-state index in [2.05, 4.69) is 26.4 Å². The van der Waals surface area contributed by atoms with Gasteiger partial charge in [-0.3, -0.25) is 0 Å². The van der Waals surface area contributed by atoms with Gasteiger partial charge in [-0.05, 0) is 6.26 Å². The van der Waals surface area contributed by atoms with E-state index in [-0.39, 0.29) is 0 Å². The number of ether oxygens (including phenoxy) is 1. The van der Waals surface area contributed by atoms with Crippen LogP contribution in [-0.4, -0.2) is 49.7 Å². The first-order valence-corrected chi connectivity index (χ1v) is 6.40. The Bertz CT molecular complexity index is 335. The Morgan fingerprint density at radius 3 is 2.81 bits per heavy atom. The van der Waals surface area contributed by atoms with Crippen molar-refractivity contribution in [2.75, 3.05) is 50.0 Å². The number of methoxy groups -OCH3 is 1. The van der Waals surface area contributed by atoms with Crippen LogP contribution in [0, 0.1) is 0 Å². The molecule has 0 atom stereocenters. The molecule has 0 saturated heterocycles. The molecule has 1 rings (SSSR count). The lowest BCUT2D eigenvalue weighted by Gasteiger charge is -2.20. The van der Waals surface area contributed by atoms with E-state index < -0.39 is 0 Å². The van der Waals surface area contributed by atoms with Crippen LogP contribution >= 0.6 is 11.8 Å². The van der Waals surface area contributed by atoms with Crippen LogP contribution in [-0.2, 0) is 0 Å². The molecule has 0 radical (unpaired) electrons. The van der Waals surface area contributed by atoms with Crippen LogP contribution < -0.4 is 15.0 Å². The summed E-state index contributed by atoms with van der Waals surface area (Å²) >= 11 is 1.81. The van der Waals surface area contributed by atoms with Crippen molar-refractivity contribution < 1.29 is 4.74 Å². The molecule has 5 nitrogen and oxygen atoms in total. The molecule has 1 aromatic rings. The number of anilines is 2. The molecule has 1 aromatic heterocycles. The topological polar surface area (TPSA) is 50.3 Å². The zero-order chi connectivity index (χ0) is 12.0. The van der Waals surface area contributed by atoms with E-state index >= 15 is 0 Å². The molecule has 0 saturated carbocycles. The highest BCUT2D eigenvalue weighted by Gasteiger charge is 2.14. The lowest BCUT2D eigenvalue weighted by atomic mass is 10.4. The average Bonchev–Trinajstić information content (AvgIpc) is 2.34. The fourth-order valence-corrected chi connectivity index (χ4v) is 1.79. The first-order chi connectivity index (χ1) is 7.74. The van der Waals surface area contributed by atoms with Gasteiger partial charge in [0.15, 0.2) is 11.6 Å². The fourth-order valence-electron chi connectivity index (χ4n) is 1.34. The molecule has 0 aliphatic heterocycles. The Morgan fingerprint density at radius 2 is 2.25 bits per heavy atom. The van der Waals surface area contributed by atoms with Crippen molar-refractivity contribution >= 4 is 23.4 Å². The summed E-state index contributed by atoms with van der Waals surface area (Å²) in [6.07, 6.45) is 3.63. The van der Waals surface area contributed by atoms with Gasteiger partial charge in [0.1, 0.15) is 6.33 Å². The standard InChI is InChI=1S/C10H18N4OS/c1-11-9-8(15-3)10(13-7-12-9)14(2)5-6-16-4/h7H,5-6H2,1-4H3,(H,11,12,13). The number of aromatic nitrogens is 2.